The maximum atomic E-state index is 11.0. The highest BCUT2D eigenvalue weighted by Gasteiger charge is 1.99. The number of nitrogens with zero attached hydrogens (tertiary/aromatic N) is 1. The van der Waals surface area contributed by atoms with Gasteiger partial charge in [-0.05, 0) is 0 Å². The molecule has 3 nitrogen and oxygen atoms in total. The molecular formula is C7H9BrN2OS. The molecule has 0 radical (unpaired) electrons. The van der Waals surface area contributed by atoms with Crippen LogP contribution in [0.15, 0.2) is 11.7 Å². The summed E-state index contributed by atoms with van der Waals surface area (Å²) >= 11 is 4.74. The Kier molecular flexibility index (Phi) is 4.24. The van der Waals surface area contributed by atoms with Crippen molar-refractivity contribution in [2.24, 2.45) is 0 Å². The molecule has 1 heterocycles. The zero-order valence-corrected chi connectivity index (χ0v) is 8.82. The molecule has 5 heteroatoms. The standard InChI is InChI=1S/C7H9BrN2OS/c8-2-1-7(11)10-4-6-3-9-5-12-6/h3,5H,1-2,4H2,(H,10,11). The van der Waals surface area contributed by atoms with Gasteiger partial charge >= 0.3 is 0 Å². The molecular weight excluding hydrogens is 240 g/mol. The number of alkyl halides is 1. The van der Waals surface area contributed by atoms with Gasteiger partial charge in [0.25, 0.3) is 0 Å². The van der Waals surface area contributed by atoms with Crippen molar-refractivity contribution in [2.75, 3.05) is 5.33 Å². The van der Waals surface area contributed by atoms with Crippen molar-refractivity contribution in [3.8, 4) is 0 Å². The van der Waals surface area contributed by atoms with Crippen LogP contribution >= 0.6 is 27.3 Å². The Morgan fingerprint density at radius 1 is 1.75 bits per heavy atom. The Morgan fingerprint density at radius 3 is 3.17 bits per heavy atom. The number of hydrogen-bond donors (Lipinski definition) is 1. The number of carbonyl (C=O) groups excluding carboxylic acids is 1. The summed E-state index contributed by atoms with van der Waals surface area (Å²) < 4.78 is 0. The maximum Gasteiger partial charge on any atom is 0.221 e. The van der Waals surface area contributed by atoms with Crippen LogP contribution in [-0.2, 0) is 11.3 Å². The molecule has 1 aromatic heterocycles. The van der Waals surface area contributed by atoms with E-state index < -0.39 is 0 Å². The average molecular weight is 249 g/mol. The number of thiazole rings is 1. The van der Waals surface area contributed by atoms with Gasteiger partial charge in [-0.15, -0.1) is 11.3 Å². The minimum absolute atomic E-state index is 0.0697. The Morgan fingerprint density at radius 2 is 2.58 bits per heavy atom. The monoisotopic (exact) mass is 248 g/mol. The van der Waals surface area contributed by atoms with Crippen molar-refractivity contribution in [2.45, 2.75) is 13.0 Å². The second-order valence-corrected chi connectivity index (χ2v) is 3.95. The lowest BCUT2D eigenvalue weighted by molar-refractivity contribution is -0.120. The van der Waals surface area contributed by atoms with E-state index in [2.05, 4.69) is 26.2 Å². The van der Waals surface area contributed by atoms with E-state index in [1.165, 1.54) is 0 Å². The third kappa shape index (κ3) is 3.32. The van der Waals surface area contributed by atoms with Crippen molar-refractivity contribution >= 4 is 33.2 Å². The number of hydrogen-bond acceptors (Lipinski definition) is 3. The highest BCUT2D eigenvalue weighted by molar-refractivity contribution is 9.09. The predicted octanol–water partition coefficient (Wildman–Crippen LogP) is 1.54. The summed E-state index contributed by atoms with van der Waals surface area (Å²) in [5.74, 6) is 0.0697. The molecule has 66 valence electrons. The Labute approximate surface area is 83.3 Å². The Bertz CT molecular complexity index is 238. The smallest absolute Gasteiger partial charge is 0.221 e. The van der Waals surface area contributed by atoms with Gasteiger partial charge < -0.3 is 5.32 Å². The van der Waals surface area contributed by atoms with E-state index in [4.69, 9.17) is 0 Å². The van der Waals surface area contributed by atoms with Crippen LogP contribution in [0, 0.1) is 0 Å². The lowest BCUT2D eigenvalue weighted by atomic mass is 10.4. The number of rotatable bonds is 4. The van der Waals surface area contributed by atoms with Crippen LogP contribution < -0.4 is 5.32 Å². The first kappa shape index (κ1) is 9.67. The second-order valence-electron chi connectivity index (χ2n) is 2.18. The Balaban J connectivity index is 2.22. The minimum Gasteiger partial charge on any atom is -0.351 e. The molecule has 1 aromatic rings. The lowest BCUT2D eigenvalue weighted by Crippen LogP contribution is -2.22. The third-order valence-electron chi connectivity index (χ3n) is 1.26. The van der Waals surface area contributed by atoms with Crippen molar-refractivity contribution in [3.05, 3.63) is 16.6 Å². The predicted molar refractivity (Wildman–Crippen MR) is 52.4 cm³/mol. The second kappa shape index (κ2) is 5.27. The van der Waals surface area contributed by atoms with Crippen LogP contribution in [0.25, 0.3) is 0 Å². The van der Waals surface area contributed by atoms with Crippen molar-refractivity contribution in [1.29, 1.82) is 0 Å². The first-order valence-corrected chi connectivity index (χ1v) is 5.53. The van der Waals surface area contributed by atoms with Crippen LogP contribution in [0.4, 0.5) is 0 Å². The molecule has 12 heavy (non-hydrogen) atoms. The molecule has 0 spiro atoms. The van der Waals surface area contributed by atoms with Gasteiger partial charge in [0.05, 0.1) is 12.1 Å². The van der Waals surface area contributed by atoms with Crippen LogP contribution in [0.3, 0.4) is 0 Å². The quantitative estimate of drug-likeness (QED) is 0.822. The van der Waals surface area contributed by atoms with Crippen LogP contribution in [0.2, 0.25) is 0 Å². The molecule has 0 atom stereocenters. The molecule has 0 aliphatic heterocycles. The summed E-state index contributed by atoms with van der Waals surface area (Å²) in [6, 6.07) is 0. The largest absolute Gasteiger partial charge is 0.351 e. The van der Waals surface area contributed by atoms with E-state index in [1.54, 1.807) is 23.0 Å². The molecule has 0 bridgehead atoms. The van der Waals surface area contributed by atoms with Gasteiger partial charge in [-0.3, -0.25) is 9.78 Å². The fraction of sp³-hybridized carbons (Fsp3) is 0.429. The van der Waals surface area contributed by atoms with Gasteiger partial charge in [0.2, 0.25) is 5.91 Å². The zero-order valence-electron chi connectivity index (χ0n) is 6.42. The fourth-order valence-corrected chi connectivity index (χ4v) is 1.58. The molecule has 0 saturated heterocycles. The average Bonchev–Trinajstić information content (AvgIpc) is 2.53. The molecule has 0 aliphatic carbocycles. The van der Waals surface area contributed by atoms with Crippen molar-refractivity contribution < 1.29 is 4.79 Å². The molecule has 1 rings (SSSR count). The first-order valence-electron chi connectivity index (χ1n) is 3.53. The molecule has 1 N–H and O–H groups in total. The van der Waals surface area contributed by atoms with Gasteiger partial charge in [0.1, 0.15) is 0 Å². The van der Waals surface area contributed by atoms with Crippen LogP contribution in [-0.4, -0.2) is 16.2 Å². The molecule has 0 aromatic carbocycles. The number of nitrogens with one attached hydrogen (secondary N) is 1. The molecule has 0 aliphatic rings. The summed E-state index contributed by atoms with van der Waals surface area (Å²) in [7, 11) is 0. The van der Waals surface area contributed by atoms with Crippen molar-refractivity contribution in [3.63, 3.8) is 0 Å². The zero-order chi connectivity index (χ0) is 8.81. The fourth-order valence-electron chi connectivity index (χ4n) is 0.689. The summed E-state index contributed by atoms with van der Waals surface area (Å²) in [6.45, 7) is 0.594. The van der Waals surface area contributed by atoms with E-state index in [1.807, 2.05) is 0 Å². The first-order chi connectivity index (χ1) is 5.83. The number of carbonyl (C=O) groups is 1. The molecule has 0 unspecified atom stereocenters. The number of amides is 1. The van der Waals surface area contributed by atoms with Gasteiger partial charge in [-0.25, -0.2) is 0 Å². The molecule has 0 fully saturated rings. The van der Waals surface area contributed by atoms with Crippen molar-refractivity contribution in [1.82, 2.24) is 10.3 Å². The van der Waals surface area contributed by atoms with Gasteiger partial charge in [0, 0.05) is 22.8 Å². The maximum absolute atomic E-state index is 11.0. The molecule has 0 saturated carbocycles. The minimum atomic E-state index is 0.0697. The van der Waals surface area contributed by atoms with E-state index in [-0.39, 0.29) is 5.91 Å². The summed E-state index contributed by atoms with van der Waals surface area (Å²) in [4.78, 5) is 16.0. The normalized spacial score (nSPS) is 9.75. The van der Waals surface area contributed by atoms with Gasteiger partial charge in [0.15, 0.2) is 0 Å². The molecule has 1 amide bonds. The van der Waals surface area contributed by atoms with Gasteiger partial charge in [-0.1, -0.05) is 15.9 Å². The van der Waals surface area contributed by atoms with E-state index >= 15 is 0 Å². The summed E-state index contributed by atoms with van der Waals surface area (Å²) in [5, 5.41) is 3.50. The third-order valence-corrected chi connectivity index (χ3v) is 2.44. The highest BCUT2D eigenvalue weighted by atomic mass is 79.9. The topological polar surface area (TPSA) is 42.0 Å². The van der Waals surface area contributed by atoms with Gasteiger partial charge in [-0.2, -0.15) is 0 Å². The number of halogens is 1. The van der Waals surface area contributed by atoms with Crippen LogP contribution in [0.5, 0.6) is 0 Å². The highest BCUT2D eigenvalue weighted by Crippen LogP contribution is 2.04. The summed E-state index contributed by atoms with van der Waals surface area (Å²) in [5.41, 5.74) is 1.76. The van der Waals surface area contributed by atoms with Crippen LogP contribution in [0.1, 0.15) is 11.3 Å². The Hall–Kier alpha value is -0.420. The lowest BCUT2D eigenvalue weighted by Gasteiger charge is -1.99. The SMILES string of the molecule is O=C(CCBr)NCc1cncs1. The van der Waals surface area contributed by atoms with E-state index in [0.717, 1.165) is 4.88 Å². The summed E-state index contributed by atoms with van der Waals surface area (Å²) in [6.07, 6.45) is 2.29. The number of aromatic nitrogens is 1. The van der Waals surface area contributed by atoms with E-state index in [0.29, 0.717) is 18.3 Å². The van der Waals surface area contributed by atoms with E-state index in [9.17, 15) is 4.79 Å².